The molecule has 0 unspecified atom stereocenters. The Hall–Kier alpha value is -1.66. The normalized spacial score (nSPS) is 16.8. The van der Waals surface area contributed by atoms with Crippen LogP contribution in [0.25, 0.3) is 6.08 Å². The summed E-state index contributed by atoms with van der Waals surface area (Å²) >= 11 is 0. The Balaban J connectivity index is 1.87. The number of sulfonamides is 1. The van der Waals surface area contributed by atoms with Crippen molar-refractivity contribution in [1.82, 2.24) is 4.72 Å². The third kappa shape index (κ3) is 5.69. The molecule has 1 aromatic rings. The highest BCUT2D eigenvalue weighted by Gasteiger charge is 2.25. The second kappa shape index (κ2) is 6.87. The first-order chi connectivity index (χ1) is 9.96. The maximum absolute atomic E-state index is 11.8. The van der Waals surface area contributed by atoms with Crippen LogP contribution in [0.5, 0.6) is 0 Å². The molecule has 1 aromatic carbocycles. The van der Waals surface area contributed by atoms with Crippen molar-refractivity contribution in [1.29, 1.82) is 0 Å². The van der Waals surface area contributed by atoms with Crippen LogP contribution in [0.4, 0.5) is 0 Å². The molecule has 1 saturated carbocycles. The van der Waals surface area contributed by atoms with Gasteiger partial charge in [-0.2, -0.15) is 0 Å². The van der Waals surface area contributed by atoms with E-state index in [1.54, 1.807) is 31.2 Å². The molecule has 0 aliphatic heterocycles. The minimum Gasteiger partial charge on any atom is -0.368 e. The molecule has 1 amide bonds. The van der Waals surface area contributed by atoms with Gasteiger partial charge in [0.1, 0.15) is 6.10 Å². The standard InChI is InChI=1S/C15H19NO4S/c1-12(20-11-14-7-8-14)15(17)16-21(18,19)10-9-13-5-3-2-4-6-13/h2-6,9-10,12,14H,7-8,11H2,1H3,(H,16,17)/b10-9-/t12-/m1/s1. The van der Waals surface area contributed by atoms with Gasteiger partial charge in [0.15, 0.2) is 0 Å². The molecular formula is C15H19NO4S. The van der Waals surface area contributed by atoms with Crippen LogP contribution in [0.2, 0.25) is 0 Å². The second-order valence-electron chi connectivity index (χ2n) is 5.14. The average molecular weight is 309 g/mol. The Morgan fingerprint density at radius 1 is 1.38 bits per heavy atom. The lowest BCUT2D eigenvalue weighted by atomic mass is 10.2. The van der Waals surface area contributed by atoms with Crippen molar-refractivity contribution in [2.24, 2.45) is 5.92 Å². The molecule has 1 aliphatic carbocycles. The van der Waals surface area contributed by atoms with Gasteiger partial charge in [0, 0.05) is 0 Å². The minimum atomic E-state index is -3.81. The van der Waals surface area contributed by atoms with Crippen LogP contribution in [0, 0.1) is 5.92 Å². The van der Waals surface area contributed by atoms with E-state index >= 15 is 0 Å². The van der Waals surface area contributed by atoms with Gasteiger partial charge in [-0.25, -0.2) is 13.1 Å². The number of ether oxygens (including phenoxy) is 1. The molecule has 0 aromatic heterocycles. The Morgan fingerprint density at radius 2 is 2.05 bits per heavy atom. The summed E-state index contributed by atoms with van der Waals surface area (Å²) in [6.45, 7) is 2.06. The largest absolute Gasteiger partial charge is 0.368 e. The highest BCUT2D eigenvalue weighted by atomic mass is 32.2. The number of benzene rings is 1. The van der Waals surface area contributed by atoms with E-state index in [1.807, 2.05) is 10.8 Å². The molecule has 6 heteroatoms. The van der Waals surface area contributed by atoms with Crippen molar-refractivity contribution < 1.29 is 17.9 Å². The first-order valence-electron chi connectivity index (χ1n) is 6.88. The molecule has 1 atom stereocenters. The van der Waals surface area contributed by atoms with Crippen molar-refractivity contribution in [3.63, 3.8) is 0 Å². The maximum Gasteiger partial charge on any atom is 0.262 e. The lowest BCUT2D eigenvalue weighted by Gasteiger charge is -2.12. The summed E-state index contributed by atoms with van der Waals surface area (Å²) in [7, 11) is -3.81. The number of hydrogen-bond acceptors (Lipinski definition) is 4. The smallest absolute Gasteiger partial charge is 0.262 e. The molecule has 0 bridgehead atoms. The molecule has 1 aliphatic rings. The van der Waals surface area contributed by atoms with E-state index in [1.165, 1.54) is 6.08 Å². The number of hydrogen-bond donors (Lipinski definition) is 1. The van der Waals surface area contributed by atoms with E-state index in [0.29, 0.717) is 12.5 Å². The SMILES string of the molecule is C[C@@H](OCC1CC1)C(=O)NS(=O)(=O)/C=C\c1ccccc1. The van der Waals surface area contributed by atoms with Crippen molar-refractivity contribution >= 4 is 22.0 Å². The van der Waals surface area contributed by atoms with Crippen molar-refractivity contribution in [2.45, 2.75) is 25.9 Å². The van der Waals surface area contributed by atoms with E-state index in [4.69, 9.17) is 4.74 Å². The summed E-state index contributed by atoms with van der Waals surface area (Å²) in [6.07, 6.45) is 2.90. The fourth-order valence-corrected chi connectivity index (χ4v) is 2.48. The first kappa shape index (κ1) is 15.7. The first-order valence-corrected chi connectivity index (χ1v) is 8.42. The van der Waals surface area contributed by atoms with Crippen LogP contribution in [-0.2, 0) is 19.6 Å². The van der Waals surface area contributed by atoms with E-state index < -0.39 is 22.0 Å². The highest BCUT2D eigenvalue weighted by molar-refractivity contribution is 7.93. The number of amides is 1. The lowest BCUT2D eigenvalue weighted by Crippen LogP contribution is -2.37. The Kier molecular flexibility index (Phi) is 5.14. The molecule has 114 valence electrons. The van der Waals surface area contributed by atoms with Gasteiger partial charge in [-0.15, -0.1) is 0 Å². The zero-order valence-corrected chi connectivity index (χ0v) is 12.7. The summed E-state index contributed by atoms with van der Waals surface area (Å²) in [4.78, 5) is 11.8. The van der Waals surface area contributed by atoms with Crippen LogP contribution in [0.15, 0.2) is 35.7 Å². The maximum atomic E-state index is 11.8. The average Bonchev–Trinajstić information content (AvgIpc) is 3.27. The van der Waals surface area contributed by atoms with Crippen LogP contribution in [0.1, 0.15) is 25.3 Å². The van der Waals surface area contributed by atoms with E-state index in [2.05, 4.69) is 0 Å². The zero-order valence-electron chi connectivity index (χ0n) is 11.9. The number of carbonyl (C=O) groups excluding carboxylic acids is 1. The summed E-state index contributed by atoms with van der Waals surface area (Å²) in [5, 5.41) is 0.980. The predicted octanol–water partition coefficient (Wildman–Crippen LogP) is 1.92. The van der Waals surface area contributed by atoms with Gasteiger partial charge < -0.3 is 4.74 Å². The van der Waals surface area contributed by atoms with Gasteiger partial charge in [0.2, 0.25) is 0 Å². The molecule has 2 rings (SSSR count). The Labute approximate surface area is 125 Å². The fraction of sp³-hybridized carbons (Fsp3) is 0.400. The number of rotatable bonds is 7. The minimum absolute atomic E-state index is 0.508. The zero-order chi connectivity index (χ0) is 15.3. The van der Waals surface area contributed by atoms with E-state index in [9.17, 15) is 13.2 Å². The molecule has 5 nitrogen and oxygen atoms in total. The summed E-state index contributed by atoms with van der Waals surface area (Å²) in [5.74, 6) is -0.122. The molecule has 0 heterocycles. The third-order valence-electron chi connectivity index (χ3n) is 3.13. The topological polar surface area (TPSA) is 72.5 Å². The molecule has 0 radical (unpaired) electrons. The van der Waals surface area contributed by atoms with E-state index in [-0.39, 0.29) is 0 Å². The summed E-state index contributed by atoms with van der Waals surface area (Å²) in [5.41, 5.74) is 0.744. The fourth-order valence-electron chi connectivity index (χ4n) is 1.63. The van der Waals surface area contributed by atoms with Crippen LogP contribution in [-0.4, -0.2) is 27.0 Å². The Bertz CT molecular complexity index is 606. The number of nitrogens with one attached hydrogen (secondary N) is 1. The molecule has 0 saturated heterocycles. The van der Waals surface area contributed by atoms with Gasteiger partial charge in [0.05, 0.1) is 12.0 Å². The third-order valence-corrected chi connectivity index (χ3v) is 4.11. The van der Waals surface area contributed by atoms with Crippen LogP contribution < -0.4 is 4.72 Å². The monoisotopic (exact) mass is 309 g/mol. The van der Waals surface area contributed by atoms with Gasteiger partial charge in [-0.3, -0.25) is 4.79 Å². The second-order valence-corrected chi connectivity index (χ2v) is 6.71. The molecule has 1 fully saturated rings. The van der Waals surface area contributed by atoms with Crippen LogP contribution >= 0.6 is 0 Å². The van der Waals surface area contributed by atoms with Gasteiger partial charge in [0.25, 0.3) is 15.9 Å². The lowest BCUT2D eigenvalue weighted by molar-refractivity contribution is -0.130. The summed E-state index contributed by atoms with van der Waals surface area (Å²) < 4.78 is 30.9. The van der Waals surface area contributed by atoms with Crippen molar-refractivity contribution in [3.8, 4) is 0 Å². The highest BCUT2D eigenvalue weighted by Crippen LogP contribution is 2.29. The predicted molar refractivity (Wildman–Crippen MR) is 80.7 cm³/mol. The summed E-state index contributed by atoms with van der Waals surface area (Å²) in [6, 6.07) is 8.99. The van der Waals surface area contributed by atoms with Gasteiger partial charge >= 0.3 is 0 Å². The van der Waals surface area contributed by atoms with Gasteiger partial charge in [-0.05, 0) is 37.3 Å². The van der Waals surface area contributed by atoms with E-state index in [0.717, 1.165) is 23.8 Å². The molecule has 0 spiro atoms. The quantitative estimate of drug-likeness (QED) is 0.835. The Morgan fingerprint density at radius 3 is 2.67 bits per heavy atom. The van der Waals surface area contributed by atoms with Gasteiger partial charge in [-0.1, -0.05) is 30.3 Å². The van der Waals surface area contributed by atoms with Crippen molar-refractivity contribution in [2.75, 3.05) is 6.61 Å². The number of carbonyl (C=O) groups is 1. The molecule has 1 N–H and O–H groups in total. The molecular weight excluding hydrogens is 290 g/mol. The van der Waals surface area contributed by atoms with Crippen LogP contribution in [0.3, 0.4) is 0 Å². The van der Waals surface area contributed by atoms with Crippen molar-refractivity contribution in [3.05, 3.63) is 41.3 Å². The molecule has 21 heavy (non-hydrogen) atoms.